The van der Waals surface area contributed by atoms with E-state index in [1.54, 1.807) is 30.4 Å². The Morgan fingerprint density at radius 3 is 2.73 bits per heavy atom. The molecule has 0 aromatic carbocycles. The largest absolute Gasteiger partial charge is 0.340 e. The zero-order valence-electron chi connectivity index (χ0n) is 8.55. The molecule has 0 saturated carbocycles. The molecule has 15 heavy (non-hydrogen) atoms. The summed E-state index contributed by atoms with van der Waals surface area (Å²) >= 11 is 0. The lowest BCUT2D eigenvalue weighted by Gasteiger charge is -2.34. The molecule has 0 bridgehead atoms. The van der Waals surface area contributed by atoms with Crippen molar-refractivity contribution >= 4 is 5.91 Å². The van der Waals surface area contributed by atoms with Crippen LogP contribution in [0.2, 0.25) is 0 Å². The van der Waals surface area contributed by atoms with Crippen molar-refractivity contribution in [1.82, 2.24) is 9.88 Å². The Hall–Kier alpha value is -1.68. The predicted molar refractivity (Wildman–Crippen MR) is 56.9 cm³/mol. The van der Waals surface area contributed by atoms with Gasteiger partial charge in [-0.05, 0) is 17.7 Å². The van der Waals surface area contributed by atoms with Gasteiger partial charge in [0.2, 0.25) is 5.91 Å². The number of carbonyl (C=O) groups is 1. The van der Waals surface area contributed by atoms with Crippen molar-refractivity contribution < 1.29 is 4.79 Å². The maximum absolute atomic E-state index is 11.3. The van der Waals surface area contributed by atoms with E-state index in [2.05, 4.69) is 4.98 Å². The van der Waals surface area contributed by atoms with Gasteiger partial charge >= 0.3 is 0 Å². The third-order valence-corrected chi connectivity index (χ3v) is 2.62. The predicted octanol–water partition coefficient (Wildman–Crippen LogP) is 0.264. The second-order valence-corrected chi connectivity index (χ2v) is 3.80. The Labute approximate surface area is 88.4 Å². The smallest absolute Gasteiger partial charge is 0.246 e. The summed E-state index contributed by atoms with van der Waals surface area (Å²) in [5.41, 5.74) is 6.60. The number of nitrogens with two attached hydrogens (primary N) is 1. The van der Waals surface area contributed by atoms with Crippen LogP contribution >= 0.6 is 0 Å². The van der Waals surface area contributed by atoms with Crippen molar-refractivity contribution in [3.63, 3.8) is 0 Å². The van der Waals surface area contributed by atoms with E-state index >= 15 is 0 Å². The average Bonchev–Trinajstić information content (AvgIpc) is 2.26. The first-order chi connectivity index (χ1) is 7.12. The van der Waals surface area contributed by atoms with Gasteiger partial charge in [0, 0.05) is 32.1 Å². The third-order valence-electron chi connectivity index (χ3n) is 2.62. The van der Waals surface area contributed by atoms with E-state index in [9.17, 15) is 4.79 Å². The number of nitrogens with zero attached hydrogens (tertiary/aromatic N) is 2. The molecular weight excluding hydrogens is 190 g/mol. The maximum atomic E-state index is 11.3. The minimum atomic E-state index is -0.592. The van der Waals surface area contributed by atoms with Gasteiger partial charge in [0.15, 0.2) is 0 Å². The maximum Gasteiger partial charge on any atom is 0.246 e. The number of rotatable bonds is 1. The summed E-state index contributed by atoms with van der Waals surface area (Å²) < 4.78 is 0. The van der Waals surface area contributed by atoms with Crippen molar-refractivity contribution in [2.24, 2.45) is 5.73 Å². The molecule has 1 aliphatic heterocycles. The van der Waals surface area contributed by atoms with Crippen LogP contribution in [0.3, 0.4) is 0 Å². The molecule has 1 aliphatic rings. The van der Waals surface area contributed by atoms with Crippen LogP contribution in [0.25, 0.3) is 0 Å². The Kier molecular flexibility index (Phi) is 2.28. The molecule has 1 unspecified atom stereocenters. The number of hydrogen-bond acceptors (Lipinski definition) is 3. The van der Waals surface area contributed by atoms with Gasteiger partial charge in [0.1, 0.15) is 0 Å². The van der Waals surface area contributed by atoms with E-state index in [4.69, 9.17) is 5.73 Å². The number of likely N-dealkylation sites (N-methyl/N-ethyl adjacent to an activating group) is 1. The molecule has 0 aliphatic carbocycles. The molecule has 2 rings (SSSR count). The Balaban J connectivity index is 2.37. The van der Waals surface area contributed by atoms with Crippen LogP contribution in [0, 0.1) is 0 Å². The fraction of sp³-hybridized carbons (Fsp3) is 0.273. The van der Waals surface area contributed by atoms with Crippen molar-refractivity contribution in [3.05, 3.63) is 42.2 Å². The van der Waals surface area contributed by atoms with E-state index < -0.39 is 5.54 Å². The molecule has 4 heteroatoms. The lowest BCUT2D eigenvalue weighted by atomic mass is 9.88. The third kappa shape index (κ3) is 1.76. The molecule has 78 valence electrons. The summed E-state index contributed by atoms with van der Waals surface area (Å²) in [5, 5.41) is 0. The van der Waals surface area contributed by atoms with Gasteiger partial charge in [-0.1, -0.05) is 6.08 Å². The highest BCUT2D eigenvalue weighted by molar-refractivity contribution is 5.88. The second-order valence-electron chi connectivity index (χ2n) is 3.80. The van der Waals surface area contributed by atoms with Crippen LogP contribution in [0.4, 0.5) is 0 Å². The Morgan fingerprint density at radius 2 is 2.13 bits per heavy atom. The molecule has 0 saturated heterocycles. The molecule has 2 heterocycles. The highest BCUT2D eigenvalue weighted by Crippen LogP contribution is 2.23. The Morgan fingerprint density at radius 1 is 1.47 bits per heavy atom. The summed E-state index contributed by atoms with van der Waals surface area (Å²) in [6, 6.07) is 3.74. The van der Waals surface area contributed by atoms with Gasteiger partial charge in [-0.2, -0.15) is 0 Å². The molecule has 1 aromatic rings. The van der Waals surface area contributed by atoms with Crippen molar-refractivity contribution in [2.45, 2.75) is 5.54 Å². The van der Waals surface area contributed by atoms with Crippen LogP contribution in [-0.4, -0.2) is 29.4 Å². The highest BCUT2D eigenvalue weighted by atomic mass is 16.2. The second kappa shape index (κ2) is 3.47. The van der Waals surface area contributed by atoms with Crippen LogP contribution in [0.15, 0.2) is 36.7 Å². The summed E-state index contributed by atoms with van der Waals surface area (Å²) in [5.74, 6) is -0.00914. The summed E-state index contributed by atoms with van der Waals surface area (Å²) in [6.07, 6.45) is 6.68. The van der Waals surface area contributed by atoms with Crippen LogP contribution in [-0.2, 0) is 10.3 Å². The van der Waals surface area contributed by atoms with Crippen LogP contribution in [0.5, 0.6) is 0 Å². The minimum absolute atomic E-state index is 0.00914. The zero-order chi connectivity index (χ0) is 10.9. The number of carbonyl (C=O) groups excluding carboxylic acids is 1. The minimum Gasteiger partial charge on any atom is -0.340 e. The average molecular weight is 203 g/mol. The molecule has 0 spiro atoms. The fourth-order valence-electron chi connectivity index (χ4n) is 1.72. The van der Waals surface area contributed by atoms with Gasteiger partial charge in [-0.25, -0.2) is 0 Å². The monoisotopic (exact) mass is 203 g/mol. The number of aromatic nitrogens is 1. The highest BCUT2D eigenvalue weighted by Gasteiger charge is 2.30. The van der Waals surface area contributed by atoms with E-state index in [0.29, 0.717) is 6.54 Å². The number of amides is 1. The van der Waals surface area contributed by atoms with Crippen LogP contribution < -0.4 is 5.73 Å². The molecule has 1 aromatic heterocycles. The molecular formula is C11H13N3O. The summed E-state index contributed by atoms with van der Waals surface area (Å²) in [4.78, 5) is 16.8. The van der Waals surface area contributed by atoms with Crippen molar-refractivity contribution in [3.8, 4) is 0 Å². The first-order valence-electron chi connectivity index (χ1n) is 4.75. The SMILES string of the molecule is CN1CC(N)(c2ccncc2)C=CC1=O. The molecule has 0 radical (unpaired) electrons. The van der Waals surface area contributed by atoms with Crippen molar-refractivity contribution in [2.75, 3.05) is 13.6 Å². The van der Waals surface area contributed by atoms with Gasteiger partial charge in [-0.15, -0.1) is 0 Å². The van der Waals surface area contributed by atoms with E-state index in [1.165, 1.54) is 6.08 Å². The Bertz CT molecular complexity index is 402. The van der Waals surface area contributed by atoms with E-state index in [0.717, 1.165) is 5.56 Å². The van der Waals surface area contributed by atoms with Gasteiger partial charge in [0.25, 0.3) is 0 Å². The lowest BCUT2D eigenvalue weighted by Crippen LogP contribution is -2.49. The number of pyridine rings is 1. The van der Waals surface area contributed by atoms with Gasteiger partial charge in [0.05, 0.1) is 5.54 Å². The van der Waals surface area contributed by atoms with E-state index in [1.807, 2.05) is 12.1 Å². The molecule has 0 fully saturated rings. The standard InChI is InChI=1S/C11H13N3O/c1-14-8-11(12,5-2-10(14)15)9-3-6-13-7-4-9/h2-7H,8,12H2,1H3. The van der Waals surface area contributed by atoms with Crippen LogP contribution in [0.1, 0.15) is 5.56 Å². The molecule has 1 atom stereocenters. The first kappa shape index (κ1) is 9.86. The molecule has 1 amide bonds. The molecule has 2 N–H and O–H groups in total. The van der Waals surface area contributed by atoms with Gasteiger partial charge < -0.3 is 10.6 Å². The zero-order valence-corrected chi connectivity index (χ0v) is 8.55. The summed E-state index contributed by atoms with van der Waals surface area (Å²) in [7, 11) is 1.74. The molecule has 4 nitrogen and oxygen atoms in total. The lowest BCUT2D eigenvalue weighted by molar-refractivity contribution is -0.126. The van der Waals surface area contributed by atoms with Gasteiger partial charge in [-0.3, -0.25) is 9.78 Å². The summed E-state index contributed by atoms with van der Waals surface area (Å²) in [6.45, 7) is 0.492. The van der Waals surface area contributed by atoms with E-state index in [-0.39, 0.29) is 5.91 Å². The number of hydrogen-bond donors (Lipinski definition) is 1. The van der Waals surface area contributed by atoms with Crippen molar-refractivity contribution in [1.29, 1.82) is 0 Å². The first-order valence-corrected chi connectivity index (χ1v) is 4.75. The normalized spacial score (nSPS) is 25.7. The quantitative estimate of drug-likeness (QED) is 0.712. The topological polar surface area (TPSA) is 59.2 Å². The fourth-order valence-corrected chi connectivity index (χ4v) is 1.72.